The number of para-hydroxylation sites is 1. The molecule has 0 radical (unpaired) electrons. The molecule has 0 atom stereocenters. The molecule has 0 saturated heterocycles. The van der Waals surface area contributed by atoms with Crippen LogP contribution in [0.1, 0.15) is 71.5 Å². The lowest BCUT2D eigenvalue weighted by Gasteiger charge is -2.25. The van der Waals surface area contributed by atoms with Crippen LogP contribution in [0.4, 0.5) is 17.2 Å². The normalized spacial score (nSPS) is 10.8. The Balaban J connectivity index is 1.92. The van der Waals surface area contributed by atoms with Gasteiger partial charge in [0.25, 0.3) is 0 Å². The molecular weight excluding hydrogens is 430 g/mol. The Kier molecular flexibility index (Phi) is 11.9. The van der Waals surface area contributed by atoms with E-state index in [0.29, 0.717) is 16.7 Å². The number of aromatic amines is 1. The third-order valence-electron chi connectivity index (χ3n) is 5.85. The molecule has 1 heterocycles. The van der Waals surface area contributed by atoms with Crippen molar-refractivity contribution < 1.29 is 4.79 Å². The third-order valence-corrected chi connectivity index (χ3v) is 6.14. The van der Waals surface area contributed by atoms with Crippen molar-refractivity contribution in [1.82, 2.24) is 9.97 Å². The molecule has 7 heteroatoms. The van der Waals surface area contributed by atoms with E-state index in [0.717, 1.165) is 50.7 Å². The van der Waals surface area contributed by atoms with Crippen LogP contribution < -0.4 is 15.1 Å². The average Bonchev–Trinajstić information content (AvgIpc) is 2.81. The molecule has 2 aromatic rings. The lowest BCUT2D eigenvalue weighted by Crippen LogP contribution is -2.27. The molecular formula is C26H41N5OS. The van der Waals surface area contributed by atoms with Crippen LogP contribution in [-0.4, -0.2) is 42.1 Å². The fourth-order valence-corrected chi connectivity index (χ4v) is 4.27. The second-order valence-corrected chi connectivity index (χ2v) is 8.80. The van der Waals surface area contributed by atoms with Gasteiger partial charge in [-0.3, -0.25) is 4.79 Å². The van der Waals surface area contributed by atoms with E-state index in [4.69, 9.17) is 12.2 Å². The summed E-state index contributed by atoms with van der Waals surface area (Å²) < 4.78 is 0.434. The van der Waals surface area contributed by atoms with E-state index in [1.54, 1.807) is 0 Å². The van der Waals surface area contributed by atoms with Gasteiger partial charge < -0.3 is 20.1 Å². The van der Waals surface area contributed by atoms with Crippen LogP contribution in [0.2, 0.25) is 0 Å². The number of hydrogen-bond acceptors (Lipinski definition) is 5. The standard InChI is InChI=1S/C26H41N5OS/c1-5-8-9-14-19-31(22-16-11-10-12-17-22)20-15-13-18-23(32)29-24-25(30(6-2)7-3)27-21(4)28-26(24)33/h10-12,16-17H,5-9,13-15,18-20H2,1-4H3,(H,29,32)(H,27,28,33). The van der Waals surface area contributed by atoms with Crippen LogP contribution in [0.3, 0.4) is 0 Å². The molecule has 0 aliphatic carbocycles. The first-order valence-electron chi connectivity index (χ1n) is 12.5. The molecule has 2 rings (SSSR count). The number of H-pyrrole nitrogens is 1. The number of nitrogens with zero attached hydrogens (tertiary/aromatic N) is 3. The van der Waals surface area contributed by atoms with Gasteiger partial charge in [-0.25, -0.2) is 4.98 Å². The predicted octanol–water partition coefficient (Wildman–Crippen LogP) is 6.49. The zero-order chi connectivity index (χ0) is 24.1. The molecule has 0 spiro atoms. The number of unbranched alkanes of at least 4 members (excludes halogenated alkanes) is 4. The van der Waals surface area contributed by atoms with E-state index in [1.807, 2.05) is 6.92 Å². The molecule has 2 N–H and O–H groups in total. The topological polar surface area (TPSA) is 64.3 Å². The summed E-state index contributed by atoms with van der Waals surface area (Å²) >= 11 is 5.46. The number of amides is 1. The zero-order valence-corrected chi connectivity index (χ0v) is 21.6. The fourth-order valence-electron chi connectivity index (χ4n) is 3.99. The van der Waals surface area contributed by atoms with Gasteiger partial charge in [-0.15, -0.1) is 0 Å². The van der Waals surface area contributed by atoms with Gasteiger partial charge in [0.15, 0.2) is 4.64 Å². The van der Waals surface area contributed by atoms with Crippen molar-refractivity contribution in [2.75, 3.05) is 41.3 Å². The Bertz CT molecular complexity index is 895. The fraction of sp³-hybridized carbons (Fsp3) is 0.577. The molecule has 33 heavy (non-hydrogen) atoms. The van der Waals surface area contributed by atoms with Gasteiger partial charge in [0.2, 0.25) is 5.91 Å². The summed E-state index contributed by atoms with van der Waals surface area (Å²) in [5.74, 6) is 1.58. The van der Waals surface area contributed by atoms with Crippen LogP contribution in [0, 0.1) is 11.6 Å². The molecule has 1 aromatic heterocycles. The van der Waals surface area contributed by atoms with Crippen LogP contribution in [0.25, 0.3) is 0 Å². The Morgan fingerprint density at radius 2 is 1.64 bits per heavy atom. The number of hydrogen-bond donors (Lipinski definition) is 2. The van der Waals surface area contributed by atoms with Gasteiger partial charge >= 0.3 is 0 Å². The third kappa shape index (κ3) is 8.80. The lowest BCUT2D eigenvalue weighted by molar-refractivity contribution is -0.116. The van der Waals surface area contributed by atoms with Gasteiger partial charge in [0.05, 0.1) is 0 Å². The van der Waals surface area contributed by atoms with Crippen molar-refractivity contribution in [3.8, 4) is 0 Å². The number of anilines is 3. The highest BCUT2D eigenvalue weighted by molar-refractivity contribution is 7.71. The predicted molar refractivity (Wildman–Crippen MR) is 143 cm³/mol. The summed E-state index contributed by atoms with van der Waals surface area (Å²) in [6.07, 6.45) is 7.28. The SMILES string of the molecule is CCCCCCN(CCCCC(=O)Nc1c(N(CC)CC)[nH]c(C)nc1=S)c1ccccc1. The lowest BCUT2D eigenvalue weighted by atomic mass is 10.1. The highest BCUT2D eigenvalue weighted by atomic mass is 32.1. The molecule has 0 bridgehead atoms. The maximum absolute atomic E-state index is 12.7. The molecule has 0 fully saturated rings. The monoisotopic (exact) mass is 471 g/mol. The van der Waals surface area contributed by atoms with Gasteiger partial charge in [0.1, 0.15) is 17.3 Å². The van der Waals surface area contributed by atoms with Crippen LogP contribution in [0.5, 0.6) is 0 Å². The molecule has 0 unspecified atom stereocenters. The summed E-state index contributed by atoms with van der Waals surface area (Å²) in [5, 5.41) is 3.03. The van der Waals surface area contributed by atoms with E-state index in [2.05, 4.69) is 76.2 Å². The van der Waals surface area contributed by atoms with E-state index in [1.165, 1.54) is 31.4 Å². The molecule has 1 amide bonds. The van der Waals surface area contributed by atoms with E-state index in [9.17, 15) is 4.79 Å². The van der Waals surface area contributed by atoms with Crippen molar-refractivity contribution in [3.63, 3.8) is 0 Å². The van der Waals surface area contributed by atoms with Gasteiger partial charge in [-0.1, -0.05) is 56.6 Å². The highest BCUT2D eigenvalue weighted by Gasteiger charge is 2.15. The summed E-state index contributed by atoms with van der Waals surface area (Å²) in [6.45, 7) is 12.0. The van der Waals surface area contributed by atoms with Crippen LogP contribution >= 0.6 is 12.2 Å². The maximum Gasteiger partial charge on any atom is 0.224 e. The number of rotatable bonds is 15. The van der Waals surface area contributed by atoms with Crippen molar-refractivity contribution >= 4 is 35.3 Å². The number of aromatic nitrogens is 2. The van der Waals surface area contributed by atoms with Crippen LogP contribution in [-0.2, 0) is 4.79 Å². The van der Waals surface area contributed by atoms with Crippen molar-refractivity contribution in [2.45, 2.75) is 72.6 Å². The molecule has 182 valence electrons. The Hall–Kier alpha value is -2.41. The molecule has 6 nitrogen and oxygen atoms in total. The maximum atomic E-state index is 12.7. The minimum Gasteiger partial charge on any atom is -0.372 e. The van der Waals surface area contributed by atoms with Gasteiger partial charge in [0, 0.05) is 38.3 Å². The van der Waals surface area contributed by atoms with Crippen molar-refractivity contribution in [3.05, 3.63) is 40.8 Å². The number of nitrogens with one attached hydrogen (secondary N) is 2. The molecule has 0 saturated carbocycles. The second-order valence-electron chi connectivity index (χ2n) is 8.41. The number of carbonyl (C=O) groups is 1. The quantitative estimate of drug-likeness (QED) is 0.230. The first-order chi connectivity index (χ1) is 16.0. The van der Waals surface area contributed by atoms with E-state index >= 15 is 0 Å². The van der Waals surface area contributed by atoms with Crippen molar-refractivity contribution in [2.24, 2.45) is 0 Å². The number of benzene rings is 1. The smallest absolute Gasteiger partial charge is 0.224 e. The summed E-state index contributed by atoms with van der Waals surface area (Å²) in [7, 11) is 0. The first kappa shape index (κ1) is 26.8. The average molecular weight is 472 g/mol. The molecule has 0 aliphatic rings. The summed E-state index contributed by atoms with van der Waals surface area (Å²) in [5.41, 5.74) is 1.88. The minimum atomic E-state index is -0.0113. The Morgan fingerprint density at radius 3 is 2.27 bits per heavy atom. The number of carbonyl (C=O) groups excluding carboxylic acids is 1. The highest BCUT2D eigenvalue weighted by Crippen LogP contribution is 2.25. The van der Waals surface area contributed by atoms with Crippen LogP contribution in [0.15, 0.2) is 30.3 Å². The summed E-state index contributed by atoms with van der Waals surface area (Å²) in [6, 6.07) is 10.6. The Labute approximate surface area is 204 Å². The molecule has 1 aromatic carbocycles. The summed E-state index contributed by atoms with van der Waals surface area (Å²) in [4.78, 5) is 25.0. The zero-order valence-electron chi connectivity index (χ0n) is 20.8. The second kappa shape index (κ2) is 14.7. The van der Waals surface area contributed by atoms with E-state index < -0.39 is 0 Å². The van der Waals surface area contributed by atoms with Gasteiger partial charge in [-0.2, -0.15) is 0 Å². The minimum absolute atomic E-state index is 0.0113. The first-order valence-corrected chi connectivity index (χ1v) is 12.9. The molecule has 0 aliphatic heterocycles. The Morgan fingerprint density at radius 1 is 0.970 bits per heavy atom. The largest absolute Gasteiger partial charge is 0.372 e. The van der Waals surface area contributed by atoms with Crippen molar-refractivity contribution in [1.29, 1.82) is 0 Å². The number of aryl methyl sites for hydroxylation is 1. The van der Waals surface area contributed by atoms with E-state index in [-0.39, 0.29) is 5.91 Å². The van der Waals surface area contributed by atoms with Gasteiger partial charge in [-0.05, 0) is 52.2 Å².